The van der Waals surface area contributed by atoms with Gasteiger partial charge in [0, 0.05) is 24.0 Å². The number of aromatic nitrogens is 2. The van der Waals surface area contributed by atoms with E-state index >= 15 is 0 Å². The molecule has 0 aliphatic carbocycles. The molecule has 1 aromatic carbocycles. The number of nitrogens with zero attached hydrogens (tertiary/aromatic N) is 2. The van der Waals surface area contributed by atoms with Gasteiger partial charge in [-0.3, -0.25) is 4.68 Å². The number of rotatable bonds is 4. The minimum absolute atomic E-state index is 0.147. The average Bonchev–Trinajstić information content (AvgIpc) is 2.65. The van der Waals surface area contributed by atoms with Crippen LogP contribution in [0.4, 0.5) is 0 Å². The number of halogens is 2. The zero-order valence-electron chi connectivity index (χ0n) is 12.0. The number of aryl methyl sites for hydroxylation is 3. The Morgan fingerprint density at radius 2 is 1.95 bits per heavy atom. The van der Waals surface area contributed by atoms with Crippen LogP contribution in [0.2, 0.25) is 10.0 Å². The van der Waals surface area contributed by atoms with Crippen LogP contribution >= 0.6 is 23.2 Å². The van der Waals surface area contributed by atoms with E-state index in [2.05, 4.69) is 11.2 Å². The summed E-state index contributed by atoms with van der Waals surface area (Å²) < 4.78 is 1.91. The number of hydrogen-bond donors (Lipinski definition) is 1. The molecule has 5 heteroatoms. The van der Waals surface area contributed by atoms with Gasteiger partial charge >= 0.3 is 0 Å². The largest absolute Gasteiger partial charge is 0.324 e. The molecule has 0 aliphatic heterocycles. The summed E-state index contributed by atoms with van der Waals surface area (Å²) >= 11 is 12.4. The maximum atomic E-state index is 6.32. The summed E-state index contributed by atoms with van der Waals surface area (Å²) in [7, 11) is 0. The van der Waals surface area contributed by atoms with Gasteiger partial charge in [0.05, 0.1) is 16.4 Å². The SMILES string of the molecule is CCn1nc(C)c(Cl)c1CC(N)c1cc(C)cc(Cl)c1. The molecule has 1 heterocycles. The quantitative estimate of drug-likeness (QED) is 0.925. The molecule has 20 heavy (non-hydrogen) atoms. The highest BCUT2D eigenvalue weighted by Crippen LogP contribution is 2.26. The van der Waals surface area contributed by atoms with Crippen molar-refractivity contribution in [3.05, 3.63) is 50.8 Å². The van der Waals surface area contributed by atoms with Crippen molar-refractivity contribution in [1.82, 2.24) is 9.78 Å². The van der Waals surface area contributed by atoms with Crippen LogP contribution in [0.15, 0.2) is 18.2 Å². The van der Waals surface area contributed by atoms with Crippen molar-refractivity contribution in [3.63, 3.8) is 0 Å². The molecule has 108 valence electrons. The molecule has 1 unspecified atom stereocenters. The topological polar surface area (TPSA) is 43.8 Å². The highest BCUT2D eigenvalue weighted by Gasteiger charge is 2.17. The number of nitrogens with two attached hydrogens (primary N) is 1. The first-order chi connectivity index (χ1) is 9.42. The molecular formula is C15H19Cl2N3. The Kier molecular flexibility index (Phi) is 4.74. The van der Waals surface area contributed by atoms with Crippen molar-refractivity contribution in [2.75, 3.05) is 0 Å². The fourth-order valence-corrected chi connectivity index (χ4v) is 2.88. The molecule has 0 fully saturated rings. The lowest BCUT2D eigenvalue weighted by Crippen LogP contribution is -2.16. The first kappa shape index (κ1) is 15.4. The van der Waals surface area contributed by atoms with E-state index < -0.39 is 0 Å². The Hall–Kier alpha value is -1.03. The zero-order chi connectivity index (χ0) is 14.9. The van der Waals surface area contributed by atoms with Crippen LogP contribution in [-0.4, -0.2) is 9.78 Å². The van der Waals surface area contributed by atoms with Crippen LogP contribution in [0.1, 0.15) is 35.5 Å². The molecule has 0 radical (unpaired) electrons. The Morgan fingerprint density at radius 3 is 2.55 bits per heavy atom. The van der Waals surface area contributed by atoms with Gasteiger partial charge in [-0.2, -0.15) is 5.10 Å². The van der Waals surface area contributed by atoms with Gasteiger partial charge in [0.1, 0.15) is 0 Å². The Labute approximate surface area is 129 Å². The summed E-state index contributed by atoms with van der Waals surface area (Å²) in [6.45, 7) is 6.74. The second-order valence-corrected chi connectivity index (χ2v) is 5.85. The van der Waals surface area contributed by atoms with Gasteiger partial charge in [-0.15, -0.1) is 0 Å². The Bertz CT molecular complexity index is 600. The highest BCUT2D eigenvalue weighted by molar-refractivity contribution is 6.32. The van der Waals surface area contributed by atoms with Gasteiger partial charge in [-0.25, -0.2) is 0 Å². The normalized spacial score (nSPS) is 12.7. The van der Waals surface area contributed by atoms with Gasteiger partial charge in [0.25, 0.3) is 0 Å². The molecule has 2 aromatic rings. The number of hydrogen-bond acceptors (Lipinski definition) is 2. The maximum Gasteiger partial charge on any atom is 0.0847 e. The lowest BCUT2D eigenvalue weighted by molar-refractivity contribution is 0.587. The molecular weight excluding hydrogens is 293 g/mol. The third-order valence-corrected chi connectivity index (χ3v) is 4.07. The highest BCUT2D eigenvalue weighted by atomic mass is 35.5. The van der Waals surface area contributed by atoms with Crippen molar-refractivity contribution >= 4 is 23.2 Å². The van der Waals surface area contributed by atoms with Gasteiger partial charge in [-0.1, -0.05) is 29.3 Å². The lowest BCUT2D eigenvalue weighted by Gasteiger charge is -2.14. The van der Waals surface area contributed by atoms with Crippen molar-refractivity contribution in [3.8, 4) is 0 Å². The minimum Gasteiger partial charge on any atom is -0.324 e. The van der Waals surface area contributed by atoms with Crippen LogP contribution in [0.25, 0.3) is 0 Å². The van der Waals surface area contributed by atoms with E-state index in [-0.39, 0.29) is 6.04 Å². The van der Waals surface area contributed by atoms with E-state index in [4.69, 9.17) is 28.9 Å². The maximum absolute atomic E-state index is 6.32. The predicted octanol–water partition coefficient (Wildman–Crippen LogP) is 4.07. The molecule has 0 bridgehead atoms. The summed E-state index contributed by atoms with van der Waals surface area (Å²) in [6, 6.07) is 5.74. The molecule has 0 aliphatic rings. The van der Waals surface area contributed by atoms with Gasteiger partial charge in [-0.05, 0) is 44.0 Å². The molecule has 3 nitrogen and oxygen atoms in total. The third-order valence-electron chi connectivity index (χ3n) is 3.36. The van der Waals surface area contributed by atoms with E-state index in [0.717, 1.165) is 29.1 Å². The molecule has 1 aromatic heterocycles. The second kappa shape index (κ2) is 6.17. The van der Waals surface area contributed by atoms with Gasteiger partial charge in [0.2, 0.25) is 0 Å². The van der Waals surface area contributed by atoms with Gasteiger partial charge in [0.15, 0.2) is 0 Å². The molecule has 2 rings (SSSR count). The Balaban J connectivity index is 2.29. The van der Waals surface area contributed by atoms with Crippen LogP contribution in [0.5, 0.6) is 0 Å². The molecule has 0 saturated carbocycles. The van der Waals surface area contributed by atoms with E-state index in [1.807, 2.05) is 37.6 Å². The van der Waals surface area contributed by atoms with Crippen molar-refractivity contribution < 1.29 is 0 Å². The third kappa shape index (κ3) is 3.17. The van der Waals surface area contributed by atoms with Gasteiger partial charge < -0.3 is 5.73 Å². The second-order valence-electron chi connectivity index (χ2n) is 5.03. The van der Waals surface area contributed by atoms with Crippen LogP contribution in [0.3, 0.4) is 0 Å². The smallest absolute Gasteiger partial charge is 0.0847 e. The molecule has 0 saturated heterocycles. The van der Waals surface area contributed by atoms with E-state index in [1.54, 1.807) is 0 Å². The summed E-state index contributed by atoms with van der Waals surface area (Å²) in [5, 5.41) is 5.83. The molecule has 0 amide bonds. The fourth-order valence-electron chi connectivity index (χ4n) is 2.37. The van der Waals surface area contributed by atoms with E-state index in [0.29, 0.717) is 16.5 Å². The van der Waals surface area contributed by atoms with Crippen molar-refractivity contribution in [1.29, 1.82) is 0 Å². The standard InChI is InChI=1S/C15H19Cl2N3/c1-4-20-14(15(17)10(3)19-20)8-13(18)11-5-9(2)6-12(16)7-11/h5-7,13H,4,8,18H2,1-3H3. The minimum atomic E-state index is -0.147. The molecule has 1 atom stereocenters. The molecule has 2 N–H and O–H groups in total. The van der Waals surface area contributed by atoms with Crippen molar-refractivity contribution in [2.45, 2.75) is 39.8 Å². The number of benzene rings is 1. The van der Waals surface area contributed by atoms with Crippen LogP contribution in [-0.2, 0) is 13.0 Å². The first-order valence-corrected chi connectivity index (χ1v) is 7.42. The Morgan fingerprint density at radius 1 is 1.25 bits per heavy atom. The van der Waals surface area contributed by atoms with Crippen LogP contribution in [0, 0.1) is 13.8 Å². The first-order valence-electron chi connectivity index (χ1n) is 6.66. The summed E-state index contributed by atoms with van der Waals surface area (Å²) in [6.07, 6.45) is 0.646. The summed E-state index contributed by atoms with van der Waals surface area (Å²) in [4.78, 5) is 0. The van der Waals surface area contributed by atoms with E-state index in [9.17, 15) is 0 Å². The fraction of sp³-hybridized carbons (Fsp3) is 0.400. The summed E-state index contributed by atoms with van der Waals surface area (Å²) in [5.74, 6) is 0. The molecule has 0 spiro atoms. The average molecular weight is 312 g/mol. The van der Waals surface area contributed by atoms with Crippen molar-refractivity contribution in [2.24, 2.45) is 5.73 Å². The van der Waals surface area contributed by atoms with Crippen LogP contribution < -0.4 is 5.73 Å². The zero-order valence-corrected chi connectivity index (χ0v) is 13.5. The lowest BCUT2D eigenvalue weighted by atomic mass is 10.0. The van der Waals surface area contributed by atoms with E-state index in [1.165, 1.54) is 0 Å². The summed E-state index contributed by atoms with van der Waals surface area (Å²) in [5.41, 5.74) is 10.3. The monoisotopic (exact) mass is 311 g/mol. The predicted molar refractivity (Wildman–Crippen MR) is 84.5 cm³/mol.